The topological polar surface area (TPSA) is 58.6 Å². The number of carbonyl (C=O) groups is 2. The zero-order valence-electron chi connectivity index (χ0n) is 14.5. The number of nitrogens with one attached hydrogen (secondary N) is 1. The Bertz CT molecular complexity index is 850. The van der Waals surface area contributed by atoms with Crippen LogP contribution in [0, 0.1) is 5.92 Å². The molecule has 1 saturated carbocycles. The first-order valence-electron chi connectivity index (χ1n) is 8.65. The highest BCUT2D eigenvalue weighted by Crippen LogP contribution is 2.46. The zero-order valence-corrected chi connectivity index (χ0v) is 15.3. The van der Waals surface area contributed by atoms with E-state index in [-0.39, 0.29) is 23.1 Å². The van der Waals surface area contributed by atoms with Gasteiger partial charge in [-0.2, -0.15) is 0 Å². The lowest BCUT2D eigenvalue weighted by Gasteiger charge is -2.27. The second kappa shape index (κ2) is 7.03. The van der Waals surface area contributed by atoms with E-state index in [1.54, 1.807) is 23.8 Å². The molecule has 0 bridgehead atoms. The molecule has 2 fully saturated rings. The summed E-state index contributed by atoms with van der Waals surface area (Å²) in [5.74, 6) is 1.29. The van der Waals surface area contributed by atoms with E-state index in [0.717, 1.165) is 29.8 Å². The maximum Gasteiger partial charge on any atom is 0.238 e. The van der Waals surface area contributed by atoms with Crippen molar-refractivity contribution in [2.75, 3.05) is 23.1 Å². The van der Waals surface area contributed by atoms with Crippen molar-refractivity contribution in [2.24, 2.45) is 5.92 Å². The number of thioether (sulfide) groups is 1. The Morgan fingerprint density at radius 3 is 2.65 bits per heavy atom. The fourth-order valence-electron chi connectivity index (χ4n) is 3.15. The van der Waals surface area contributed by atoms with E-state index in [1.165, 1.54) is 0 Å². The number of methoxy groups -OCH3 is 1. The van der Waals surface area contributed by atoms with E-state index in [1.807, 2.05) is 48.5 Å². The molecule has 26 heavy (non-hydrogen) atoms. The second-order valence-electron chi connectivity index (χ2n) is 6.45. The highest BCUT2D eigenvalue weighted by Gasteiger charge is 2.37. The molecule has 0 spiro atoms. The van der Waals surface area contributed by atoms with Crippen molar-refractivity contribution in [3.63, 3.8) is 0 Å². The monoisotopic (exact) mass is 368 g/mol. The molecule has 0 aromatic heterocycles. The zero-order chi connectivity index (χ0) is 18.1. The molecule has 134 valence electrons. The number of rotatable bonds is 5. The van der Waals surface area contributed by atoms with Crippen molar-refractivity contribution in [2.45, 2.75) is 18.2 Å². The van der Waals surface area contributed by atoms with Crippen molar-refractivity contribution in [1.82, 2.24) is 0 Å². The summed E-state index contributed by atoms with van der Waals surface area (Å²) in [6, 6.07) is 15.2. The molecule has 2 aromatic rings. The minimum Gasteiger partial charge on any atom is -0.495 e. The van der Waals surface area contributed by atoms with Crippen molar-refractivity contribution in [1.29, 1.82) is 0 Å². The first-order chi connectivity index (χ1) is 12.7. The lowest BCUT2D eigenvalue weighted by Crippen LogP contribution is -2.29. The van der Waals surface area contributed by atoms with E-state index >= 15 is 0 Å². The van der Waals surface area contributed by atoms with Crippen LogP contribution in [0.25, 0.3) is 0 Å². The number of hydrogen-bond donors (Lipinski definition) is 1. The van der Waals surface area contributed by atoms with Gasteiger partial charge in [-0.15, -0.1) is 11.8 Å². The van der Waals surface area contributed by atoms with Gasteiger partial charge in [0.15, 0.2) is 0 Å². The number of benzene rings is 2. The molecule has 4 rings (SSSR count). The number of anilines is 2. The summed E-state index contributed by atoms with van der Waals surface area (Å²) < 4.78 is 5.45. The van der Waals surface area contributed by atoms with E-state index in [2.05, 4.69) is 5.32 Å². The van der Waals surface area contributed by atoms with Crippen LogP contribution < -0.4 is 15.0 Å². The Kier molecular flexibility index (Phi) is 4.59. The van der Waals surface area contributed by atoms with Crippen LogP contribution in [0.3, 0.4) is 0 Å². The Labute approximate surface area is 156 Å². The maximum absolute atomic E-state index is 12.6. The van der Waals surface area contributed by atoms with Gasteiger partial charge in [0, 0.05) is 17.2 Å². The molecule has 0 unspecified atom stereocenters. The van der Waals surface area contributed by atoms with E-state index in [9.17, 15) is 9.59 Å². The average Bonchev–Trinajstić information content (AvgIpc) is 3.45. The third-order valence-electron chi connectivity index (χ3n) is 4.65. The summed E-state index contributed by atoms with van der Waals surface area (Å²) in [5, 5.41) is 2.84. The highest BCUT2D eigenvalue weighted by atomic mass is 32.2. The van der Waals surface area contributed by atoms with Crippen LogP contribution >= 0.6 is 11.8 Å². The molecule has 1 N–H and O–H groups in total. The van der Waals surface area contributed by atoms with Gasteiger partial charge in [-0.05, 0) is 31.0 Å². The first kappa shape index (κ1) is 17.0. The highest BCUT2D eigenvalue weighted by molar-refractivity contribution is 8.00. The molecule has 6 heteroatoms. The van der Waals surface area contributed by atoms with Crippen LogP contribution in [0.15, 0.2) is 48.5 Å². The van der Waals surface area contributed by atoms with Crippen LogP contribution in [0.1, 0.15) is 23.8 Å². The summed E-state index contributed by atoms with van der Waals surface area (Å²) >= 11 is 1.56. The predicted molar refractivity (Wildman–Crippen MR) is 103 cm³/mol. The number of ether oxygens (including phenoxy) is 1. The molecule has 2 aromatic carbocycles. The van der Waals surface area contributed by atoms with Crippen LogP contribution in [0.4, 0.5) is 11.4 Å². The van der Waals surface area contributed by atoms with Crippen LogP contribution in [-0.2, 0) is 9.59 Å². The van der Waals surface area contributed by atoms with Crippen LogP contribution in [0.2, 0.25) is 0 Å². The smallest absolute Gasteiger partial charge is 0.238 e. The van der Waals surface area contributed by atoms with Gasteiger partial charge in [0.1, 0.15) is 11.1 Å². The molecule has 1 atom stereocenters. The van der Waals surface area contributed by atoms with Crippen molar-refractivity contribution in [3.8, 4) is 5.75 Å². The molecule has 0 radical (unpaired) electrons. The van der Waals surface area contributed by atoms with Gasteiger partial charge in [0.25, 0.3) is 0 Å². The molecule has 1 heterocycles. The van der Waals surface area contributed by atoms with E-state index in [4.69, 9.17) is 4.74 Å². The van der Waals surface area contributed by atoms with Gasteiger partial charge in [-0.3, -0.25) is 14.5 Å². The maximum atomic E-state index is 12.6. The molecule has 2 amide bonds. The van der Waals surface area contributed by atoms with Gasteiger partial charge in [-0.1, -0.05) is 30.3 Å². The van der Waals surface area contributed by atoms with Crippen LogP contribution in [0.5, 0.6) is 5.75 Å². The van der Waals surface area contributed by atoms with Gasteiger partial charge in [0.2, 0.25) is 11.8 Å². The van der Waals surface area contributed by atoms with E-state index < -0.39 is 0 Å². The van der Waals surface area contributed by atoms with Gasteiger partial charge in [0.05, 0.1) is 18.6 Å². The third kappa shape index (κ3) is 3.17. The summed E-state index contributed by atoms with van der Waals surface area (Å²) in [6.45, 7) is 0. The van der Waals surface area contributed by atoms with Gasteiger partial charge >= 0.3 is 0 Å². The van der Waals surface area contributed by atoms with Crippen molar-refractivity contribution < 1.29 is 14.3 Å². The largest absolute Gasteiger partial charge is 0.495 e. The standard InChI is InChI=1S/C20H20N2O3S/c1-25-17-9-5-4-8-16(17)22-18(23)12-26-20(22)14-6-2-3-7-15(14)21-19(24)13-10-11-13/h2-9,13,20H,10-12H2,1H3,(H,21,24)/t20-/m0/s1. The third-order valence-corrected chi connectivity index (χ3v) is 5.84. The molecule has 2 aliphatic rings. The second-order valence-corrected chi connectivity index (χ2v) is 7.52. The molecule has 5 nitrogen and oxygen atoms in total. The molecule has 1 saturated heterocycles. The van der Waals surface area contributed by atoms with Crippen LogP contribution in [-0.4, -0.2) is 24.7 Å². The number of hydrogen-bond acceptors (Lipinski definition) is 4. The number of nitrogens with zero attached hydrogens (tertiary/aromatic N) is 1. The lowest BCUT2D eigenvalue weighted by molar-refractivity contribution is -0.117. The minimum absolute atomic E-state index is 0.0350. The SMILES string of the molecule is COc1ccccc1N1C(=O)CS[C@H]1c1ccccc1NC(=O)C1CC1. The minimum atomic E-state index is -0.200. The quantitative estimate of drug-likeness (QED) is 0.872. The Balaban J connectivity index is 1.70. The molecule has 1 aliphatic heterocycles. The van der Waals surface area contributed by atoms with Gasteiger partial charge < -0.3 is 10.1 Å². The first-order valence-corrected chi connectivity index (χ1v) is 9.70. The fraction of sp³-hybridized carbons (Fsp3) is 0.300. The van der Waals surface area contributed by atoms with Crippen molar-refractivity contribution >= 4 is 35.0 Å². The average molecular weight is 368 g/mol. The normalized spacial score (nSPS) is 19.5. The van der Waals surface area contributed by atoms with Crippen molar-refractivity contribution in [3.05, 3.63) is 54.1 Å². The molecule has 1 aliphatic carbocycles. The Hall–Kier alpha value is -2.47. The predicted octanol–water partition coefficient (Wildman–Crippen LogP) is 3.82. The number of para-hydroxylation sites is 3. The summed E-state index contributed by atoms with van der Waals surface area (Å²) in [4.78, 5) is 26.6. The molecular weight excluding hydrogens is 348 g/mol. The molecular formula is C20H20N2O3S. The summed E-state index contributed by atoms with van der Waals surface area (Å²) in [7, 11) is 1.60. The summed E-state index contributed by atoms with van der Waals surface area (Å²) in [5.41, 5.74) is 2.46. The van der Waals surface area contributed by atoms with Gasteiger partial charge in [-0.25, -0.2) is 0 Å². The fourth-order valence-corrected chi connectivity index (χ4v) is 4.35. The number of carbonyl (C=O) groups excluding carboxylic acids is 2. The van der Waals surface area contributed by atoms with E-state index in [0.29, 0.717) is 11.5 Å². The number of amides is 2. The Morgan fingerprint density at radius 1 is 1.15 bits per heavy atom. The Morgan fingerprint density at radius 2 is 1.88 bits per heavy atom. The lowest BCUT2D eigenvalue weighted by atomic mass is 10.1. The summed E-state index contributed by atoms with van der Waals surface area (Å²) in [6.07, 6.45) is 1.91.